The third-order valence-corrected chi connectivity index (χ3v) is 4.53. The number of benzene rings is 1. The van der Waals surface area contributed by atoms with Crippen molar-refractivity contribution in [2.75, 3.05) is 31.6 Å². The predicted molar refractivity (Wildman–Crippen MR) is 93.4 cm³/mol. The lowest BCUT2D eigenvalue weighted by Crippen LogP contribution is -2.35. The zero-order chi connectivity index (χ0) is 17.8. The Hall–Kier alpha value is -2.30. The van der Waals surface area contributed by atoms with Gasteiger partial charge in [-0.1, -0.05) is 17.2 Å². The minimum atomic E-state index is -0.642. The molecule has 0 saturated carbocycles. The highest BCUT2D eigenvalue weighted by Gasteiger charge is 2.24. The second-order valence-corrected chi connectivity index (χ2v) is 6.33. The minimum absolute atomic E-state index is 0.0273. The number of rotatable bonds is 5. The lowest BCUT2D eigenvalue weighted by atomic mass is 10.1. The Morgan fingerprint density at radius 3 is 2.88 bits per heavy atom. The topological polar surface area (TPSA) is 113 Å². The molecule has 0 unspecified atom stereocenters. The summed E-state index contributed by atoms with van der Waals surface area (Å²) in [7, 11) is 0. The average molecular weight is 410 g/mol. The van der Waals surface area contributed by atoms with E-state index in [4.69, 9.17) is 4.74 Å². The molecule has 0 atom stereocenters. The van der Waals surface area contributed by atoms with E-state index in [1.54, 1.807) is 6.07 Å². The van der Waals surface area contributed by atoms with Gasteiger partial charge in [0.25, 0.3) is 5.91 Å². The Kier molecular flexibility index (Phi) is 5.41. The number of amides is 1. The first kappa shape index (κ1) is 17.5. The molecule has 3 rings (SSSR count). The van der Waals surface area contributed by atoms with Gasteiger partial charge in [-0.2, -0.15) is 0 Å². The monoisotopic (exact) mass is 409 g/mol. The van der Waals surface area contributed by atoms with Crippen molar-refractivity contribution in [3.05, 3.63) is 50.1 Å². The number of aromatic nitrogens is 2. The third-order valence-electron chi connectivity index (χ3n) is 3.78. The van der Waals surface area contributed by atoms with Gasteiger partial charge in [-0.15, -0.1) is 5.10 Å². The quantitative estimate of drug-likeness (QED) is 0.577. The van der Waals surface area contributed by atoms with Crippen molar-refractivity contribution >= 4 is 33.3 Å². The molecule has 0 spiro atoms. The highest BCUT2D eigenvalue weighted by atomic mass is 79.9. The van der Waals surface area contributed by atoms with E-state index in [0.29, 0.717) is 5.69 Å². The number of nitrogens with zero attached hydrogens (tertiary/aromatic N) is 3. The summed E-state index contributed by atoms with van der Waals surface area (Å²) in [6, 6.07) is 7.48. The molecule has 1 aromatic carbocycles. The molecule has 132 valence electrons. The number of anilines is 1. The van der Waals surface area contributed by atoms with Crippen molar-refractivity contribution < 1.29 is 14.5 Å². The van der Waals surface area contributed by atoms with Crippen LogP contribution in [0.1, 0.15) is 16.1 Å². The number of carbonyl (C=O) groups is 1. The van der Waals surface area contributed by atoms with Crippen molar-refractivity contribution in [1.29, 1.82) is 0 Å². The number of morpholine rings is 1. The zero-order valence-corrected chi connectivity index (χ0v) is 14.8. The standard InChI is InChI=1S/C15H16BrN5O4/c16-12-13(18-19-14(12)21(23)24)15(22)17-11-3-1-2-10(8-11)9-20-4-6-25-7-5-20/h1-3,8H,4-7,9H2,(H,17,22)(H,18,19). The van der Waals surface area contributed by atoms with E-state index in [0.717, 1.165) is 38.4 Å². The molecule has 25 heavy (non-hydrogen) atoms. The van der Waals surface area contributed by atoms with Crippen LogP contribution in [-0.4, -0.2) is 52.2 Å². The van der Waals surface area contributed by atoms with Crippen LogP contribution in [0.15, 0.2) is 28.7 Å². The zero-order valence-electron chi connectivity index (χ0n) is 13.2. The molecule has 0 radical (unpaired) electrons. The Morgan fingerprint density at radius 1 is 1.44 bits per heavy atom. The van der Waals surface area contributed by atoms with Gasteiger partial charge in [0.1, 0.15) is 4.47 Å². The minimum Gasteiger partial charge on any atom is -0.379 e. The van der Waals surface area contributed by atoms with Crippen LogP contribution in [0.4, 0.5) is 11.5 Å². The van der Waals surface area contributed by atoms with Crippen LogP contribution in [0.2, 0.25) is 0 Å². The van der Waals surface area contributed by atoms with Crippen LogP contribution < -0.4 is 5.32 Å². The molecule has 1 aliphatic rings. The van der Waals surface area contributed by atoms with E-state index in [1.165, 1.54) is 0 Å². The Labute approximate surface area is 151 Å². The van der Waals surface area contributed by atoms with Crippen molar-refractivity contribution in [1.82, 2.24) is 15.1 Å². The number of carbonyl (C=O) groups excluding carboxylic acids is 1. The summed E-state index contributed by atoms with van der Waals surface area (Å²) in [6.07, 6.45) is 0. The Morgan fingerprint density at radius 2 is 2.20 bits per heavy atom. The normalized spacial score (nSPS) is 15.1. The van der Waals surface area contributed by atoms with Gasteiger partial charge in [-0.05, 0) is 38.5 Å². The lowest BCUT2D eigenvalue weighted by molar-refractivity contribution is -0.390. The lowest BCUT2D eigenvalue weighted by Gasteiger charge is -2.26. The molecule has 2 aromatic rings. The first-order valence-electron chi connectivity index (χ1n) is 7.63. The van der Waals surface area contributed by atoms with Crippen molar-refractivity contribution in [3.8, 4) is 0 Å². The number of hydrogen-bond donors (Lipinski definition) is 2. The van der Waals surface area contributed by atoms with Gasteiger partial charge in [0, 0.05) is 25.3 Å². The molecule has 10 heteroatoms. The fourth-order valence-electron chi connectivity index (χ4n) is 2.55. The summed E-state index contributed by atoms with van der Waals surface area (Å²) in [5.41, 5.74) is 1.60. The highest BCUT2D eigenvalue weighted by Crippen LogP contribution is 2.26. The number of ether oxygens (including phenoxy) is 1. The number of nitro groups is 1. The summed E-state index contributed by atoms with van der Waals surface area (Å²) in [4.78, 5) is 24.7. The second-order valence-electron chi connectivity index (χ2n) is 5.53. The van der Waals surface area contributed by atoms with E-state index in [-0.39, 0.29) is 16.0 Å². The smallest absolute Gasteiger partial charge is 0.357 e. The number of hydrogen-bond acceptors (Lipinski definition) is 6. The van der Waals surface area contributed by atoms with E-state index in [2.05, 4.69) is 36.3 Å². The third kappa shape index (κ3) is 4.21. The first-order chi connectivity index (χ1) is 12.0. The van der Waals surface area contributed by atoms with E-state index >= 15 is 0 Å². The maximum Gasteiger partial charge on any atom is 0.357 e. The Bertz CT molecular complexity index is 788. The molecule has 9 nitrogen and oxygen atoms in total. The van der Waals surface area contributed by atoms with Gasteiger partial charge < -0.3 is 20.2 Å². The van der Waals surface area contributed by atoms with Crippen molar-refractivity contribution in [3.63, 3.8) is 0 Å². The maximum absolute atomic E-state index is 12.3. The van der Waals surface area contributed by atoms with Gasteiger partial charge in [0.05, 0.1) is 13.2 Å². The van der Waals surface area contributed by atoms with Gasteiger partial charge in [-0.3, -0.25) is 9.69 Å². The summed E-state index contributed by atoms with van der Waals surface area (Å²) in [6.45, 7) is 3.97. The largest absolute Gasteiger partial charge is 0.379 e. The molecule has 2 N–H and O–H groups in total. The molecular weight excluding hydrogens is 394 g/mol. The summed E-state index contributed by atoms with van der Waals surface area (Å²) in [5.74, 6) is -0.883. The van der Waals surface area contributed by atoms with Crippen molar-refractivity contribution in [2.24, 2.45) is 0 Å². The molecule has 0 aliphatic carbocycles. The van der Waals surface area contributed by atoms with Gasteiger partial charge >= 0.3 is 5.82 Å². The van der Waals surface area contributed by atoms with Crippen LogP contribution in [0.25, 0.3) is 0 Å². The van der Waals surface area contributed by atoms with Crippen LogP contribution in [-0.2, 0) is 11.3 Å². The van der Waals surface area contributed by atoms with E-state index < -0.39 is 10.8 Å². The fourth-order valence-corrected chi connectivity index (χ4v) is 3.05. The molecule has 1 aliphatic heterocycles. The highest BCUT2D eigenvalue weighted by molar-refractivity contribution is 9.10. The number of nitrogens with one attached hydrogen (secondary N) is 2. The second kappa shape index (κ2) is 7.72. The maximum atomic E-state index is 12.3. The number of aromatic amines is 1. The average Bonchev–Trinajstić information content (AvgIpc) is 2.98. The molecular formula is C15H16BrN5O4. The summed E-state index contributed by atoms with van der Waals surface area (Å²) >= 11 is 3.03. The molecule has 2 heterocycles. The van der Waals surface area contributed by atoms with Crippen molar-refractivity contribution in [2.45, 2.75) is 6.54 Å². The number of H-pyrrole nitrogens is 1. The van der Waals surface area contributed by atoms with Gasteiger partial charge in [-0.25, -0.2) is 0 Å². The molecule has 1 amide bonds. The van der Waals surface area contributed by atoms with Gasteiger partial charge in [0.15, 0.2) is 5.69 Å². The van der Waals surface area contributed by atoms with Crippen LogP contribution >= 0.6 is 15.9 Å². The van der Waals surface area contributed by atoms with E-state index in [9.17, 15) is 14.9 Å². The van der Waals surface area contributed by atoms with Crippen LogP contribution in [0.5, 0.6) is 0 Å². The molecule has 0 bridgehead atoms. The van der Waals surface area contributed by atoms with Crippen LogP contribution in [0, 0.1) is 10.1 Å². The SMILES string of the molecule is O=C(Nc1cccc(CN2CCOCC2)c1)c1n[nH]c([N+](=O)[O-])c1Br. The summed E-state index contributed by atoms with van der Waals surface area (Å²) < 4.78 is 5.36. The molecule has 1 saturated heterocycles. The summed E-state index contributed by atoms with van der Waals surface area (Å²) in [5, 5.41) is 19.5. The Balaban J connectivity index is 1.69. The first-order valence-corrected chi connectivity index (χ1v) is 8.42. The molecule has 1 fully saturated rings. The van der Waals surface area contributed by atoms with Gasteiger partial charge in [0.2, 0.25) is 0 Å². The van der Waals surface area contributed by atoms with Crippen LogP contribution in [0.3, 0.4) is 0 Å². The number of halogens is 1. The van der Waals surface area contributed by atoms with E-state index in [1.807, 2.05) is 18.2 Å². The fraction of sp³-hybridized carbons (Fsp3) is 0.333. The molecule has 1 aromatic heterocycles. The predicted octanol–water partition coefficient (Wildman–Crippen LogP) is 2.16.